The van der Waals surface area contributed by atoms with Crippen LogP contribution >= 0.6 is 22.9 Å². The monoisotopic (exact) mass is 409 g/mol. The van der Waals surface area contributed by atoms with Crippen molar-refractivity contribution in [3.05, 3.63) is 75.0 Å². The van der Waals surface area contributed by atoms with Crippen molar-refractivity contribution in [3.63, 3.8) is 0 Å². The summed E-state index contributed by atoms with van der Waals surface area (Å²) in [5.74, 6) is -0.0892. The summed E-state index contributed by atoms with van der Waals surface area (Å²) in [4.78, 5) is 31.3. The van der Waals surface area contributed by atoms with Crippen molar-refractivity contribution in [2.75, 3.05) is 4.90 Å². The van der Waals surface area contributed by atoms with Gasteiger partial charge in [-0.3, -0.25) is 18.4 Å². The molecule has 0 radical (unpaired) electrons. The maximum Gasteiger partial charge on any atom is 0.268 e. The quantitative estimate of drug-likeness (QED) is 0.483. The first-order chi connectivity index (χ1) is 13.5. The first-order valence-electron chi connectivity index (χ1n) is 8.86. The first kappa shape index (κ1) is 18.6. The number of hydrogen-bond donors (Lipinski definition) is 0. The molecule has 0 aliphatic rings. The molecule has 0 spiro atoms. The van der Waals surface area contributed by atoms with Crippen LogP contribution in [0.5, 0.6) is 0 Å². The lowest BCUT2D eigenvalue weighted by Gasteiger charge is -2.21. The van der Waals surface area contributed by atoms with E-state index in [4.69, 9.17) is 0 Å². The summed E-state index contributed by atoms with van der Waals surface area (Å²) in [7, 11) is 0. The standard InChI is InChI=1S/C21H19N3O2S2/c1-13-7-6-9-18(14(13)2)24(15(3)25)21-22-16(12-27-21)11-23-20(26)17-8-4-5-10-19(17)28-23/h4-10,12H,11H2,1-3H3. The van der Waals surface area contributed by atoms with Crippen molar-refractivity contribution < 1.29 is 4.79 Å². The Morgan fingerprint density at radius 2 is 1.93 bits per heavy atom. The predicted octanol–water partition coefficient (Wildman–Crippen LogP) is 4.87. The van der Waals surface area contributed by atoms with Crippen LogP contribution in [-0.2, 0) is 11.3 Å². The van der Waals surface area contributed by atoms with Crippen molar-refractivity contribution in [1.29, 1.82) is 0 Å². The molecule has 0 saturated heterocycles. The minimum atomic E-state index is -0.0892. The smallest absolute Gasteiger partial charge is 0.268 e. The average molecular weight is 410 g/mol. The van der Waals surface area contributed by atoms with E-state index in [1.54, 1.807) is 15.8 Å². The van der Waals surface area contributed by atoms with Crippen LogP contribution in [0.3, 0.4) is 0 Å². The lowest BCUT2D eigenvalue weighted by molar-refractivity contribution is -0.115. The summed E-state index contributed by atoms with van der Waals surface area (Å²) in [5, 5.41) is 3.25. The highest BCUT2D eigenvalue weighted by Gasteiger charge is 2.20. The molecule has 28 heavy (non-hydrogen) atoms. The van der Waals surface area contributed by atoms with Crippen LogP contribution in [0.25, 0.3) is 10.1 Å². The minimum absolute atomic E-state index is 0.00639. The number of aryl methyl sites for hydroxylation is 1. The Bertz CT molecular complexity index is 1240. The van der Waals surface area contributed by atoms with Gasteiger partial charge in [0.1, 0.15) is 0 Å². The lowest BCUT2D eigenvalue weighted by Crippen LogP contribution is -2.23. The highest BCUT2D eigenvalue weighted by atomic mass is 32.1. The van der Waals surface area contributed by atoms with Crippen molar-refractivity contribution in [3.8, 4) is 0 Å². The number of fused-ring (bicyclic) bond motifs is 1. The molecule has 0 N–H and O–H groups in total. The molecule has 7 heteroatoms. The van der Waals surface area contributed by atoms with Crippen LogP contribution in [0.1, 0.15) is 23.7 Å². The van der Waals surface area contributed by atoms with Crippen LogP contribution in [0, 0.1) is 13.8 Å². The molecule has 142 valence electrons. The van der Waals surface area contributed by atoms with Gasteiger partial charge in [0.15, 0.2) is 5.13 Å². The molecule has 2 aromatic heterocycles. The highest BCUT2D eigenvalue weighted by molar-refractivity contribution is 7.14. The zero-order chi connectivity index (χ0) is 19.8. The zero-order valence-corrected chi connectivity index (χ0v) is 17.4. The Balaban J connectivity index is 1.69. The second-order valence-corrected chi connectivity index (χ2v) is 8.52. The molecule has 4 aromatic rings. The third-order valence-electron chi connectivity index (χ3n) is 4.72. The number of benzene rings is 2. The number of hydrogen-bond acceptors (Lipinski definition) is 5. The fraction of sp³-hybridized carbons (Fsp3) is 0.190. The fourth-order valence-corrected chi connectivity index (χ4v) is 5.01. The number of nitrogens with zero attached hydrogens (tertiary/aromatic N) is 3. The van der Waals surface area contributed by atoms with Gasteiger partial charge < -0.3 is 0 Å². The molecule has 1 amide bonds. The number of aromatic nitrogens is 2. The number of amides is 1. The first-order valence-corrected chi connectivity index (χ1v) is 10.5. The zero-order valence-electron chi connectivity index (χ0n) is 15.8. The molecule has 0 aliphatic carbocycles. The van der Waals surface area contributed by atoms with E-state index in [9.17, 15) is 9.59 Å². The van der Waals surface area contributed by atoms with Crippen LogP contribution < -0.4 is 10.5 Å². The molecule has 4 rings (SSSR count). The third kappa shape index (κ3) is 3.27. The normalized spacial score (nSPS) is 11.1. The molecule has 0 fully saturated rings. The van der Waals surface area contributed by atoms with Gasteiger partial charge >= 0.3 is 0 Å². The molecule has 2 heterocycles. The number of carbonyl (C=O) groups excluding carboxylic acids is 1. The van der Waals surface area contributed by atoms with Crippen LogP contribution in [0.15, 0.2) is 52.6 Å². The van der Waals surface area contributed by atoms with Crippen molar-refractivity contribution in [2.24, 2.45) is 0 Å². The Kier molecular flexibility index (Phi) is 4.87. The Morgan fingerprint density at radius 3 is 2.68 bits per heavy atom. The molecule has 0 unspecified atom stereocenters. The number of thiazole rings is 1. The summed E-state index contributed by atoms with van der Waals surface area (Å²) < 4.78 is 2.67. The Hall–Kier alpha value is -2.77. The molecular weight excluding hydrogens is 390 g/mol. The topological polar surface area (TPSA) is 55.2 Å². The Labute approximate surface area is 170 Å². The molecule has 2 aromatic carbocycles. The molecule has 0 bridgehead atoms. The van der Waals surface area contributed by atoms with Gasteiger partial charge in [-0.1, -0.05) is 35.8 Å². The van der Waals surface area contributed by atoms with Crippen LogP contribution in [0.4, 0.5) is 10.8 Å². The summed E-state index contributed by atoms with van der Waals surface area (Å²) in [6.45, 7) is 5.97. The van der Waals surface area contributed by atoms with Crippen molar-refractivity contribution in [1.82, 2.24) is 8.94 Å². The van der Waals surface area contributed by atoms with Gasteiger partial charge in [0.2, 0.25) is 5.91 Å². The molecule has 0 atom stereocenters. The Morgan fingerprint density at radius 1 is 1.14 bits per heavy atom. The second kappa shape index (κ2) is 7.33. The average Bonchev–Trinajstić information content (AvgIpc) is 3.24. The third-order valence-corrected chi connectivity index (χ3v) is 6.66. The van der Waals surface area contributed by atoms with E-state index in [0.29, 0.717) is 11.7 Å². The van der Waals surface area contributed by atoms with Gasteiger partial charge in [-0.15, -0.1) is 11.3 Å². The largest absolute Gasteiger partial charge is 0.274 e. The summed E-state index contributed by atoms with van der Waals surface area (Å²) in [6, 6.07) is 13.5. The van der Waals surface area contributed by atoms with Gasteiger partial charge in [-0.05, 0) is 43.2 Å². The van der Waals surface area contributed by atoms with Crippen molar-refractivity contribution >= 4 is 49.7 Å². The SMILES string of the molecule is CC(=O)N(c1nc(Cn2sc3ccccc3c2=O)cs1)c1cccc(C)c1C. The molecule has 0 saturated carbocycles. The van der Waals surface area contributed by atoms with Gasteiger partial charge in [-0.25, -0.2) is 4.98 Å². The predicted molar refractivity (Wildman–Crippen MR) is 116 cm³/mol. The van der Waals surface area contributed by atoms with Crippen LogP contribution in [0.2, 0.25) is 0 Å². The summed E-state index contributed by atoms with van der Waals surface area (Å²) >= 11 is 2.84. The molecular formula is C21H19N3O2S2. The van der Waals surface area contributed by atoms with E-state index < -0.39 is 0 Å². The summed E-state index contributed by atoms with van der Waals surface area (Å²) in [6.07, 6.45) is 0. The van der Waals surface area contributed by atoms with Gasteiger partial charge in [-0.2, -0.15) is 0 Å². The number of carbonyl (C=O) groups is 1. The minimum Gasteiger partial charge on any atom is -0.274 e. The van der Waals surface area contributed by atoms with Crippen molar-refractivity contribution in [2.45, 2.75) is 27.3 Å². The number of anilines is 2. The number of rotatable bonds is 4. The van der Waals surface area contributed by atoms with E-state index >= 15 is 0 Å². The second-order valence-electron chi connectivity index (χ2n) is 6.62. The fourth-order valence-electron chi connectivity index (χ4n) is 3.13. The van der Waals surface area contributed by atoms with E-state index in [0.717, 1.165) is 32.6 Å². The van der Waals surface area contributed by atoms with E-state index in [1.165, 1.54) is 22.9 Å². The van der Waals surface area contributed by atoms with E-state index in [2.05, 4.69) is 4.98 Å². The van der Waals surface area contributed by atoms with E-state index in [-0.39, 0.29) is 11.5 Å². The van der Waals surface area contributed by atoms with E-state index in [1.807, 2.05) is 61.7 Å². The van der Waals surface area contributed by atoms with Gasteiger partial charge in [0.05, 0.1) is 28.0 Å². The molecule has 0 aliphatic heterocycles. The van der Waals surface area contributed by atoms with Crippen LogP contribution in [-0.4, -0.2) is 14.8 Å². The maximum atomic E-state index is 12.6. The highest BCUT2D eigenvalue weighted by Crippen LogP contribution is 2.32. The maximum absolute atomic E-state index is 12.6. The van der Waals surface area contributed by atoms with Gasteiger partial charge in [0, 0.05) is 12.3 Å². The van der Waals surface area contributed by atoms with Gasteiger partial charge in [0.25, 0.3) is 5.56 Å². The molecule has 5 nitrogen and oxygen atoms in total. The lowest BCUT2D eigenvalue weighted by atomic mass is 10.1. The summed E-state index contributed by atoms with van der Waals surface area (Å²) in [5.41, 5.74) is 3.78.